The van der Waals surface area contributed by atoms with E-state index in [0.29, 0.717) is 25.6 Å². The molecule has 1 unspecified atom stereocenters. The van der Waals surface area contributed by atoms with Gasteiger partial charge in [0.25, 0.3) is 0 Å². The Morgan fingerprint density at radius 2 is 1.78 bits per heavy atom. The van der Waals surface area contributed by atoms with Gasteiger partial charge in [0.1, 0.15) is 0 Å². The zero-order valence-corrected chi connectivity index (χ0v) is 12.8. The summed E-state index contributed by atoms with van der Waals surface area (Å²) in [6.07, 6.45) is 0.383. The van der Waals surface area contributed by atoms with E-state index in [9.17, 15) is 4.79 Å². The summed E-state index contributed by atoms with van der Waals surface area (Å²) < 4.78 is 10.5. The van der Waals surface area contributed by atoms with E-state index in [0.717, 1.165) is 13.1 Å². The average molecular weight is 259 g/mol. The third-order valence-electron chi connectivity index (χ3n) is 3.62. The molecule has 0 saturated heterocycles. The lowest BCUT2D eigenvalue weighted by molar-refractivity contribution is -0.149. The molecule has 0 aromatic carbocycles. The van der Waals surface area contributed by atoms with Gasteiger partial charge in [-0.2, -0.15) is 0 Å². The van der Waals surface area contributed by atoms with E-state index in [4.69, 9.17) is 9.47 Å². The lowest BCUT2D eigenvalue weighted by atomic mass is 9.82. The number of nitrogens with zero attached hydrogens (tertiary/aromatic N) is 1. The highest BCUT2D eigenvalue weighted by molar-refractivity contribution is 5.71. The number of carbonyl (C=O) groups excluding carboxylic acids is 1. The van der Waals surface area contributed by atoms with Crippen molar-refractivity contribution in [2.24, 2.45) is 5.92 Å². The summed E-state index contributed by atoms with van der Waals surface area (Å²) in [5, 5.41) is 0. The van der Waals surface area contributed by atoms with Gasteiger partial charge in [0.2, 0.25) is 0 Å². The first kappa shape index (κ1) is 17.4. The molecule has 4 heteroatoms. The summed E-state index contributed by atoms with van der Waals surface area (Å²) in [5.74, 6) is 0.178. The van der Waals surface area contributed by atoms with Gasteiger partial charge >= 0.3 is 5.97 Å². The zero-order valence-electron chi connectivity index (χ0n) is 12.8. The van der Waals surface area contributed by atoms with Crippen molar-refractivity contribution in [2.45, 2.75) is 46.6 Å². The average Bonchev–Trinajstić information content (AvgIpc) is 2.30. The molecule has 0 aromatic rings. The van der Waals surface area contributed by atoms with E-state index in [2.05, 4.69) is 32.6 Å². The molecule has 0 aromatic heterocycles. The Morgan fingerprint density at radius 1 is 1.22 bits per heavy atom. The van der Waals surface area contributed by atoms with Crippen molar-refractivity contribution in [3.05, 3.63) is 0 Å². The van der Waals surface area contributed by atoms with Crippen molar-refractivity contribution in [1.29, 1.82) is 0 Å². The van der Waals surface area contributed by atoms with Gasteiger partial charge in [-0.3, -0.25) is 9.69 Å². The Balaban J connectivity index is 5.13. The molecular formula is C14H29NO3. The number of rotatable bonds is 9. The lowest BCUT2D eigenvalue weighted by Gasteiger charge is -2.45. The van der Waals surface area contributed by atoms with E-state index >= 15 is 0 Å². The van der Waals surface area contributed by atoms with E-state index in [1.807, 2.05) is 6.92 Å². The first-order valence-electron chi connectivity index (χ1n) is 6.88. The van der Waals surface area contributed by atoms with Crippen LogP contribution in [0.3, 0.4) is 0 Å². The van der Waals surface area contributed by atoms with Crippen molar-refractivity contribution in [3.8, 4) is 0 Å². The van der Waals surface area contributed by atoms with Crippen LogP contribution in [0, 0.1) is 5.92 Å². The standard InChI is InChI=1S/C14H29NO3/c1-7-15(8-2)14(11-17-6,12(4)5)10-13(16)18-9-3/h12H,7-11H2,1-6H3. The predicted octanol–water partition coefficient (Wildman–Crippen LogP) is 2.32. The minimum absolute atomic E-state index is 0.143. The number of esters is 1. The molecular weight excluding hydrogens is 230 g/mol. The van der Waals surface area contributed by atoms with Crippen LogP contribution in [0.4, 0.5) is 0 Å². The summed E-state index contributed by atoms with van der Waals surface area (Å²) in [5.41, 5.74) is -0.273. The molecule has 0 aliphatic rings. The Bertz CT molecular complexity index is 239. The Hall–Kier alpha value is -0.610. The second-order valence-corrected chi connectivity index (χ2v) is 4.85. The fourth-order valence-corrected chi connectivity index (χ4v) is 2.56. The van der Waals surface area contributed by atoms with Crippen molar-refractivity contribution >= 4 is 5.97 Å². The molecule has 0 rings (SSSR count). The first-order chi connectivity index (χ1) is 8.48. The van der Waals surface area contributed by atoms with Crippen LogP contribution in [0.5, 0.6) is 0 Å². The first-order valence-corrected chi connectivity index (χ1v) is 6.88. The maximum absolute atomic E-state index is 11.9. The Morgan fingerprint density at radius 3 is 2.11 bits per heavy atom. The molecule has 0 heterocycles. The van der Waals surface area contributed by atoms with Crippen molar-refractivity contribution in [2.75, 3.05) is 33.4 Å². The Labute approximate surface area is 112 Å². The van der Waals surface area contributed by atoms with Crippen LogP contribution < -0.4 is 0 Å². The minimum atomic E-state index is -0.273. The van der Waals surface area contributed by atoms with Gasteiger partial charge in [0.15, 0.2) is 0 Å². The SMILES string of the molecule is CCOC(=O)CC(COC)(C(C)C)N(CC)CC. The molecule has 108 valence electrons. The van der Waals surface area contributed by atoms with Gasteiger partial charge < -0.3 is 9.47 Å². The third-order valence-corrected chi connectivity index (χ3v) is 3.62. The van der Waals surface area contributed by atoms with Gasteiger partial charge in [-0.25, -0.2) is 0 Å². The summed E-state index contributed by atoms with van der Waals surface area (Å²) >= 11 is 0. The summed E-state index contributed by atoms with van der Waals surface area (Å²) in [6, 6.07) is 0. The van der Waals surface area contributed by atoms with Gasteiger partial charge in [-0.05, 0) is 25.9 Å². The Kier molecular flexibility index (Phi) is 8.20. The lowest BCUT2D eigenvalue weighted by Crippen LogP contribution is -2.57. The zero-order chi connectivity index (χ0) is 14.2. The van der Waals surface area contributed by atoms with Crippen molar-refractivity contribution in [1.82, 2.24) is 4.90 Å². The molecule has 0 spiro atoms. The molecule has 18 heavy (non-hydrogen) atoms. The van der Waals surface area contributed by atoms with Gasteiger partial charge in [0, 0.05) is 7.11 Å². The van der Waals surface area contributed by atoms with Crippen LogP contribution in [-0.2, 0) is 14.3 Å². The summed E-state index contributed by atoms with van der Waals surface area (Å²) in [7, 11) is 1.69. The number of hydrogen-bond donors (Lipinski definition) is 0. The van der Waals surface area contributed by atoms with E-state index in [1.165, 1.54) is 0 Å². The van der Waals surface area contributed by atoms with E-state index < -0.39 is 0 Å². The number of hydrogen-bond acceptors (Lipinski definition) is 4. The molecule has 0 bridgehead atoms. The van der Waals surface area contributed by atoms with Crippen LogP contribution in [0.1, 0.15) is 41.0 Å². The number of likely N-dealkylation sites (N-methyl/N-ethyl adjacent to an activating group) is 1. The molecule has 0 aliphatic heterocycles. The molecule has 0 fully saturated rings. The van der Waals surface area contributed by atoms with E-state index in [1.54, 1.807) is 7.11 Å². The molecule has 4 nitrogen and oxygen atoms in total. The third kappa shape index (κ3) is 4.25. The van der Waals surface area contributed by atoms with Gasteiger partial charge in [-0.15, -0.1) is 0 Å². The predicted molar refractivity (Wildman–Crippen MR) is 73.6 cm³/mol. The number of carbonyl (C=O) groups is 1. The summed E-state index contributed by atoms with van der Waals surface area (Å²) in [6.45, 7) is 13.1. The highest BCUT2D eigenvalue weighted by Crippen LogP contribution is 2.29. The molecule has 0 radical (unpaired) electrons. The molecule has 0 aliphatic carbocycles. The highest BCUT2D eigenvalue weighted by atomic mass is 16.5. The molecule has 0 N–H and O–H groups in total. The summed E-state index contributed by atoms with van der Waals surface area (Å²) in [4.78, 5) is 14.2. The fourth-order valence-electron chi connectivity index (χ4n) is 2.56. The largest absolute Gasteiger partial charge is 0.466 e. The monoisotopic (exact) mass is 259 g/mol. The van der Waals surface area contributed by atoms with Gasteiger partial charge in [-0.1, -0.05) is 27.7 Å². The van der Waals surface area contributed by atoms with Crippen molar-refractivity contribution < 1.29 is 14.3 Å². The molecule has 0 amide bonds. The van der Waals surface area contributed by atoms with E-state index in [-0.39, 0.29) is 11.5 Å². The highest BCUT2D eigenvalue weighted by Gasteiger charge is 2.41. The smallest absolute Gasteiger partial charge is 0.307 e. The van der Waals surface area contributed by atoms with Crippen LogP contribution >= 0.6 is 0 Å². The second-order valence-electron chi connectivity index (χ2n) is 4.85. The quantitative estimate of drug-likeness (QED) is 0.596. The van der Waals surface area contributed by atoms with Crippen LogP contribution in [0.2, 0.25) is 0 Å². The van der Waals surface area contributed by atoms with Crippen molar-refractivity contribution in [3.63, 3.8) is 0 Å². The van der Waals surface area contributed by atoms with Gasteiger partial charge in [0.05, 0.1) is 25.2 Å². The van der Waals surface area contributed by atoms with Crippen LogP contribution in [-0.4, -0.2) is 49.8 Å². The molecule has 0 saturated carbocycles. The maximum atomic E-state index is 11.9. The number of ether oxygens (including phenoxy) is 2. The number of methoxy groups -OCH3 is 1. The minimum Gasteiger partial charge on any atom is -0.466 e. The van der Waals surface area contributed by atoms with Crippen LogP contribution in [0.15, 0.2) is 0 Å². The van der Waals surface area contributed by atoms with Crippen LogP contribution in [0.25, 0.3) is 0 Å². The molecule has 1 atom stereocenters. The fraction of sp³-hybridized carbons (Fsp3) is 0.929. The normalized spacial score (nSPS) is 14.9. The maximum Gasteiger partial charge on any atom is 0.307 e. The second kappa shape index (κ2) is 8.48. The topological polar surface area (TPSA) is 38.8 Å².